The molecule has 0 radical (unpaired) electrons. The highest BCUT2D eigenvalue weighted by Crippen LogP contribution is 2.61. The second-order valence-electron chi connectivity index (χ2n) is 5.45. The molecule has 3 rings (SSSR count). The van der Waals surface area contributed by atoms with E-state index < -0.39 is 10.0 Å². The third-order valence-electron chi connectivity index (χ3n) is 4.12. The molecule has 0 saturated heterocycles. The molecule has 1 spiro atoms. The summed E-state index contributed by atoms with van der Waals surface area (Å²) in [6.45, 7) is 0. The Hall–Kier alpha value is -0.880. The van der Waals surface area contributed by atoms with Gasteiger partial charge in [0.05, 0.1) is 6.26 Å². The van der Waals surface area contributed by atoms with Gasteiger partial charge in [0.1, 0.15) is 0 Å². The van der Waals surface area contributed by atoms with E-state index in [0.717, 1.165) is 30.0 Å². The van der Waals surface area contributed by atoms with Crippen molar-refractivity contribution in [2.75, 3.05) is 6.26 Å². The Labute approximate surface area is 120 Å². The van der Waals surface area contributed by atoms with Crippen LogP contribution < -0.4 is 4.72 Å². The number of hydrogen-bond donors (Lipinski definition) is 1. The molecule has 4 nitrogen and oxygen atoms in total. The number of rotatable bonds is 2. The number of halogens is 1. The molecule has 1 amide bonds. The lowest BCUT2D eigenvalue weighted by molar-refractivity contribution is -0.120. The fourth-order valence-corrected chi connectivity index (χ4v) is 4.14. The molecule has 2 aliphatic rings. The third kappa shape index (κ3) is 2.21. The smallest absolute Gasteiger partial charge is 0.237 e. The summed E-state index contributed by atoms with van der Waals surface area (Å²) in [4.78, 5) is 12.0. The molecule has 0 aromatic heterocycles. The molecule has 2 aliphatic carbocycles. The number of amides is 1. The number of benzene rings is 1. The van der Waals surface area contributed by atoms with Gasteiger partial charge >= 0.3 is 0 Å². The number of hydrogen-bond acceptors (Lipinski definition) is 3. The minimum absolute atomic E-state index is 0.120. The summed E-state index contributed by atoms with van der Waals surface area (Å²) in [6.07, 6.45) is 3.65. The summed E-state index contributed by atoms with van der Waals surface area (Å²) >= 11 is 3.45. The maximum atomic E-state index is 12.0. The molecule has 1 aromatic rings. The van der Waals surface area contributed by atoms with Gasteiger partial charge in [-0.05, 0) is 42.5 Å². The fourth-order valence-electron chi connectivity index (χ4n) is 3.22. The molecule has 102 valence electrons. The van der Waals surface area contributed by atoms with Gasteiger partial charge in [-0.3, -0.25) is 9.52 Å². The Balaban J connectivity index is 1.86. The van der Waals surface area contributed by atoms with Crippen molar-refractivity contribution < 1.29 is 13.2 Å². The zero-order valence-corrected chi connectivity index (χ0v) is 12.8. The van der Waals surface area contributed by atoms with Crippen LogP contribution >= 0.6 is 15.9 Å². The molecule has 0 unspecified atom stereocenters. The Kier molecular flexibility index (Phi) is 2.80. The van der Waals surface area contributed by atoms with E-state index >= 15 is 0 Å². The van der Waals surface area contributed by atoms with Gasteiger partial charge in [0.15, 0.2) is 0 Å². The van der Waals surface area contributed by atoms with E-state index in [9.17, 15) is 13.2 Å². The molecule has 0 heterocycles. The SMILES string of the molecule is CS(=O)(=O)NC(=O)[C@H]1C[C@@]12CCc1cc(Br)ccc12. The van der Waals surface area contributed by atoms with Crippen LogP contribution in [-0.2, 0) is 26.7 Å². The molecule has 6 heteroatoms. The van der Waals surface area contributed by atoms with Gasteiger partial charge in [0, 0.05) is 15.8 Å². The van der Waals surface area contributed by atoms with Crippen LogP contribution in [0.4, 0.5) is 0 Å². The van der Waals surface area contributed by atoms with Gasteiger partial charge in [-0.1, -0.05) is 22.0 Å². The third-order valence-corrected chi connectivity index (χ3v) is 5.19. The number of nitrogens with one attached hydrogen (secondary N) is 1. The van der Waals surface area contributed by atoms with Crippen molar-refractivity contribution in [2.24, 2.45) is 5.92 Å². The van der Waals surface area contributed by atoms with Crippen LogP contribution in [-0.4, -0.2) is 20.6 Å². The zero-order valence-electron chi connectivity index (χ0n) is 10.4. The highest BCUT2D eigenvalue weighted by atomic mass is 79.9. The maximum Gasteiger partial charge on any atom is 0.237 e. The summed E-state index contributed by atoms with van der Waals surface area (Å²) in [5, 5.41) is 0. The minimum atomic E-state index is -3.47. The van der Waals surface area contributed by atoms with Crippen LogP contribution in [0.3, 0.4) is 0 Å². The monoisotopic (exact) mass is 343 g/mol. The van der Waals surface area contributed by atoms with Crippen molar-refractivity contribution in [3.8, 4) is 0 Å². The molecular weight excluding hydrogens is 330 g/mol. The Bertz CT molecular complexity index is 670. The highest BCUT2D eigenvalue weighted by Gasteiger charge is 2.61. The van der Waals surface area contributed by atoms with E-state index in [1.807, 2.05) is 6.07 Å². The largest absolute Gasteiger partial charge is 0.274 e. The van der Waals surface area contributed by atoms with Crippen LogP contribution in [0.15, 0.2) is 22.7 Å². The Morgan fingerprint density at radius 3 is 2.89 bits per heavy atom. The number of carbonyl (C=O) groups is 1. The molecular formula is C13H14BrNO3S. The van der Waals surface area contributed by atoms with Crippen molar-refractivity contribution in [2.45, 2.75) is 24.7 Å². The summed E-state index contributed by atoms with van der Waals surface area (Å²) in [5.41, 5.74) is 2.36. The van der Waals surface area contributed by atoms with Crippen LogP contribution in [0, 0.1) is 5.92 Å². The topological polar surface area (TPSA) is 63.2 Å². The lowest BCUT2D eigenvalue weighted by Gasteiger charge is -2.11. The second kappa shape index (κ2) is 4.06. The van der Waals surface area contributed by atoms with E-state index in [2.05, 4.69) is 32.8 Å². The van der Waals surface area contributed by atoms with Crippen LogP contribution in [0.25, 0.3) is 0 Å². The van der Waals surface area contributed by atoms with Gasteiger partial charge in [-0.25, -0.2) is 8.42 Å². The normalized spacial score (nSPS) is 28.2. The van der Waals surface area contributed by atoms with Gasteiger partial charge in [-0.2, -0.15) is 0 Å². The minimum Gasteiger partial charge on any atom is -0.274 e. The van der Waals surface area contributed by atoms with Crippen LogP contribution in [0.2, 0.25) is 0 Å². The molecule has 1 aromatic carbocycles. The van der Waals surface area contributed by atoms with Crippen molar-refractivity contribution in [1.82, 2.24) is 4.72 Å². The van der Waals surface area contributed by atoms with Crippen molar-refractivity contribution >= 4 is 31.9 Å². The van der Waals surface area contributed by atoms with Gasteiger partial charge in [-0.15, -0.1) is 0 Å². The van der Waals surface area contributed by atoms with E-state index in [4.69, 9.17) is 0 Å². The average Bonchev–Trinajstić information content (AvgIpc) is 2.89. The quantitative estimate of drug-likeness (QED) is 0.889. The predicted molar refractivity (Wildman–Crippen MR) is 75.2 cm³/mol. The molecule has 1 fully saturated rings. The summed E-state index contributed by atoms with van der Waals surface area (Å²) in [5.74, 6) is -0.567. The van der Waals surface area contributed by atoms with Crippen molar-refractivity contribution in [3.05, 3.63) is 33.8 Å². The average molecular weight is 344 g/mol. The number of sulfonamides is 1. The van der Waals surface area contributed by atoms with Gasteiger partial charge in [0.2, 0.25) is 15.9 Å². The first kappa shape index (κ1) is 13.1. The first-order valence-electron chi connectivity index (χ1n) is 6.12. The molecule has 0 bridgehead atoms. The van der Waals surface area contributed by atoms with Crippen molar-refractivity contribution in [1.29, 1.82) is 0 Å². The van der Waals surface area contributed by atoms with E-state index in [0.29, 0.717) is 0 Å². The van der Waals surface area contributed by atoms with Gasteiger partial charge in [0.25, 0.3) is 0 Å². The lowest BCUT2D eigenvalue weighted by Crippen LogP contribution is -2.32. The first-order valence-corrected chi connectivity index (χ1v) is 8.81. The summed E-state index contributed by atoms with van der Waals surface area (Å²) in [6, 6.07) is 6.13. The van der Waals surface area contributed by atoms with E-state index in [-0.39, 0.29) is 17.2 Å². The fraction of sp³-hybridized carbons (Fsp3) is 0.462. The summed E-state index contributed by atoms with van der Waals surface area (Å²) in [7, 11) is -3.47. The van der Waals surface area contributed by atoms with Gasteiger partial charge < -0.3 is 0 Å². The molecule has 1 N–H and O–H groups in total. The molecule has 2 atom stereocenters. The molecule has 19 heavy (non-hydrogen) atoms. The maximum absolute atomic E-state index is 12.0. The van der Waals surface area contributed by atoms with E-state index in [1.165, 1.54) is 11.1 Å². The highest BCUT2D eigenvalue weighted by molar-refractivity contribution is 9.10. The predicted octanol–water partition coefficient (Wildman–Crippen LogP) is 1.73. The van der Waals surface area contributed by atoms with Crippen LogP contribution in [0.5, 0.6) is 0 Å². The Morgan fingerprint density at radius 1 is 1.47 bits per heavy atom. The Morgan fingerprint density at radius 2 is 2.21 bits per heavy atom. The number of fused-ring (bicyclic) bond motifs is 2. The van der Waals surface area contributed by atoms with E-state index in [1.54, 1.807) is 0 Å². The van der Waals surface area contributed by atoms with Crippen molar-refractivity contribution in [3.63, 3.8) is 0 Å². The zero-order chi connectivity index (χ0) is 13.8. The van der Waals surface area contributed by atoms with Crippen LogP contribution in [0.1, 0.15) is 24.0 Å². The molecule has 1 saturated carbocycles. The standard InChI is InChI=1S/C13H14BrNO3S/c1-19(17,18)15-12(16)11-7-13(11)5-4-8-6-9(14)2-3-10(8)13/h2-3,6,11H,4-5,7H2,1H3,(H,15,16)/t11-,13-/m1/s1. The number of aryl methyl sites for hydroxylation is 1. The lowest BCUT2D eigenvalue weighted by atomic mass is 9.95. The first-order chi connectivity index (χ1) is 8.82. The second-order valence-corrected chi connectivity index (χ2v) is 8.12. The summed E-state index contributed by atoms with van der Waals surface area (Å²) < 4.78 is 25.4. The molecule has 0 aliphatic heterocycles. The number of carbonyl (C=O) groups excluding carboxylic acids is 1.